The maximum Gasteiger partial charge on any atom is 0.0545 e. The van der Waals surface area contributed by atoms with E-state index in [1.807, 2.05) is 0 Å². The van der Waals surface area contributed by atoms with E-state index < -0.39 is 8.80 Å². The van der Waals surface area contributed by atoms with Crippen molar-refractivity contribution in [3.05, 3.63) is 23.3 Å². The summed E-state index contributed by atoms with van der Waals surface area (Å²) in [5, 5.41) is 4.62. The Balaban J connectivity index is 2.14. The molecule has 1 nitrogen and oxygen atoms in total. The van der Waals surface area contributed by atoms with Crippen LogP contribution in [0.1, 0.15) is 52.4 Å². The van der Waals surface area contributed by atoms with Gasteiger partial charge in [0.15, 0.2) is 0 Å². The molecule has 0 aliphatic heterocycles. The van der Waals surface area contributed by atoms with Gasteiger partial charge in [0.05, 0.1) is 8.80 Å². The van der Waals surface area contributed by atoms with Gasteiger partial charge >= 0.3 is 0 Å². The van der Waals surface area contributed by atoms with Gasteiger partial charge in [-0.2, -0.15) is 0 Å². The second-order valence-electron chi connectivity index (χ2n) is 6.45. The fourth-order valence-corrected chi connectivity index (χ4v) is 5.67. The van der Waals surface area contributed by atoms with Crippen LogP contribution in [0.15, 0.2) is 23.3 Å². The zero-order chi connectivity index (χ0) is 13.2. The van der Waals surface area contributed by atoms with Crippen LogP contribution in [-0.4, -0.2) is 20.0 Å². The Morgan fingerprint density at radius 2 is 1.89 bits per heavy atom. The molecule has 2 rings (SSSR count). The zero-order valence-corrected chi connectivity index (χ0v) is 13.7. The Hall–Kier alpha value is -0.343. The molecule has 1 atom stereocenters. The highest BCUT2D eigenvalue weighted by Crippen LogP contribution is 2.34. The van der Waals surface area contributed by atoms with Gasteiger partial charge in [-0.3, -0.25) is 0 Å². The van der Waals surface area contributed by atoms with E-state index in [2.05, 4.69) is 44.4 Å². The molecular formula is C16H29NSi. The Morgan fingerprint density at radius 1 is 1.22 bits per heavy atom. The zero-order valence-electron chi connectivity index (χ0n) is 12.6. The van der Waals surface area contributed by atoms with Crippen LogP contribution in [0.4, 0.5) is 0 Å². The van der Waals surface area contributed by atoms with Crippen molar-refractivity contribution in [3.8, 4) is 0 Å². The van der Waals surface area contributed by atoms with Gasteiger partial charge < -0.3 is 5.32 Å². The Labute approximate surface area is 114 Å². The highest BCUT2D eigenvalue weighted by molar-refractivity contribution is 6.59. The normalized spacial score (nSPS) is 27.3. The molecule has 1 saturated carbocycles. The second-order valence-corrected chi connectivity index (χ2v) is 9.87. The topological polar surface area (TPSA) is 12.0 Å². The fraction of sp³-hybridized carbons (Fsp3) is 0.750. The number of nitrogens with one attached hydrogen (secondary N) is 1. The van der Waals surface area contributed by atoms with Crippen LogP contribution in [0.2, 0.25) is 13.1 Å². The van der Waals surface area contributed by atoms with E-state index in [0.717, 1.165) is 0 Å². The van der Waals surface area contributed by atoms with Crippen LogP contribution >= 0.6 is 0 Å². The van der Waals surface area contributed by atoms with Gasteiger partial charge in [-0.25, -0.2) is 0 Å². The lowest BCUT2D eigenvalue weighted by molar-refractivity contribution is 0.309. The third-order valence-electron chi connectivity index (χ3n) is 5.08. The van der Waals surface area contributed by atoms with Crippen LogP contribution in [0.3, 0.4) is 0 Å². The van der Waals surface area contributed by atoms with E-state index in [9.17, 15) is 0 Å². The number of allylic oxidation sites excluding steroid dienone is 2. The quantitative estimate of drug-likeness (QED) is 0.757. The molecule has 18 heavy (non-hydrogen) atoms. The number of hydrogen-bond acceptors (Lipinski definition) is 1. The molecule has 2 aliphatic carbocycles. The van der Waals surface area contributed by atoms with Gasteiger partial charge in [0.25, 0.3) is 0 Å². The maximum atomic E-state index is 4.11. The molecule has 0 spiro atoms. The lowest BCUT2D eigenvalue weighted by Crippen LogP contribution is -2.59. The fourth-order valence-electron chi connectivity index (χ4n) is 3.61. The summed E-state index contributed by atoms with van der Waals surface area (Å²) in [6.45, 7) is 9.63. The molecule has 1 N–H and O–H groups in total. The first-order chi connectivity index (χ1) is 8.59. The summed E-state index contributed by atoms with van der Waals surface area (Å²) < 4.78 is 0. The average Bonchev–Trinajstić information content (AvgIpc) is 2.71. The lowest BCUT2D eigenvalue weighted by Gasteiger charge is -2.44. The first-order valence-electron chi connectivity index (χ1n) is 7.74. The third kappa shape index (κ3) is 2.65. The summed E-state index contributed by atoms with van der Waals surface area (Å²) in [6.07, 6.45) is 13.0. The molecule has 0 amide bonds. The molecule has 0 radical (unpaired) electrons. The summed E-state index contributed by atoms with van der Waals surface area (Å²) in [6, 6.07) is 0.544. The van der Waals surface area contributed by atoms with Crippen molar-refractivity contribution in [2.24, 2.45) is 0 Å². The number of hydrogen-bond donors (Lipinski definition) is 1. The summed E-state index contributed by atoms with van der Waals surface area (Å²) >= 11 is 0. The summed E-state index contributed by atoms with van der Waals surface area (Å²) in [4.78, 5) is 0. The first kappa shape index (κ1) is 14.1. The standard InChI is InChI=1S/C16H29NSi/c1-5-14-10-9-13(2)15(14)17-16(18(3)4)11-7-6-8-12-16/h9-10,15,17-18H,5-8,11-12H2,1-4H3. The Morgan fingerprint density at radius 3 is 2.44 bits per heavy atom. The summed E-state index contributed by atoms with van der Waals surface area (Å²) in [5.74, 6) is 0. The molecule has 0 aromatic rings. The Bertz CT molecular complexity index is 348. The molecule has 102 valence electrons. The van der Waals surface area contributed by atoms with Gasteiger partial charge in [-0.05, 0) is 31.8 Å². The van der Waals surface area contributed by atoms with Gasteiger partial charge in [0.1, 0.15) is 0 Å². The van der Waals surface area contributed by atoms with Crippen LogP contribution < -0.4 is 5.32 Å². The molecule has 0 aromatic heterocycles. The van der Waals surface area contributed by atoms with Crippen LogP contribution in [0.5, 0.6) is 0 Å². The number of rotatable bonds is 4. The molecule has 1 unspecified atom stereocenters. The minimum Gasteiger partial charge on any atom is -0.304 e. The van der Waals surface area contributed by atoms with Gasteiger partial charge in [0.2, 0.25) is 0 Å². The molecule has 0 heterocycles. The van der Waals surface area contributed by atoms with E-state index >= 15 is 0 Å². The van der Waals surface area contributed by atoms with E-state index in [-0.39, 0.29) is 0 Å². The predicted octanol–water partition coefficient (Wildman–Crippen LogP) is 3.97. The lowest BCUT2D eigenvalue weighted by atomic mass is 9.92. The molecule has 0 aromatic carbocycles. The smallest absolute Gasteiger partial charge is 0.0545 e. The summed E-state index contributed by atoms with van der Waals surface area (Å²) in [7, 11) is -0.675. The van der Waals surface area contributed by atoms with Crippen LogP contribution in [-0.2, 0) is 0 Å². The molecule has 2 aliphatic rings. The monoisotopic (exact) mass is 263 g/mol. The SMILES string of the molecule is CCC1=CC=C(C)C1NC1([SiH](C)C)CCCCC1. The van der Waals surface area contributed by atoms with Crippen LogP contribution in [0.25, 0.3) is 0 Å². The maximum absolute atomic E-state index is 4.11. The van der Waals surface area contributed by atoms with Gasteiger partial charge in [0, 0.05) is 11.2 Å². The van der Waals surface area contributed by atoms with Crippen LogP contribution in [0, 0.1) is 0 Å². The third-order valence-corrected chi connectivity index (χ3v) is 8.03. The molecule has 2 heteroatoms. The van der Waals surface area contributed by atoms with Gasteiger partial charge in [-0.15, -0.1) is 0 Å². The molecule has 1 fully saturated rings. The first-order valence-corrected chi connectivity index (χ1v) is 10.6. The average molecular weight is 264 g/mol. The van der Waals surface area contributed by atoms with E-state index in [1.54, 1.807) is 5.57 Å². The van der Waals surface area contributed by atoms with Crippen molar-refractivity contribution in [1.82, 2.24) is 5.32 Å². The predicted molar refractivity (Wildman–Crippen MR) is 83.7 cm³/mol. The minimum absolute atomic E-state index is 0.511. The van der Waals surface area contributed by atoms with Crippen molar-refractivity contribution in [3.63, 3.8) is 0 Å². The van der Waals surface area contributed by atoms with E-state index in [4.69, 9.17) is 0 Å². The highest BCUT2D eigenvalue weighted by Gasteiger charge is 2.38. The Kier molecular flexibility index (Phi) is 4.49. The molecular weight excluding hydrogens is 234 g/mol. The van der Waals surface area contributed by atoms with Crippen molar-refractivity contribution in [2.45, 2.75) is 76.7 Å². The van der Waals surface area contributed by atoms with Gasteiger partial charge in [-0.1, -0.05) is 57.0 Å². The molecule has 0 bridgehead atoms. The molecule has 0 saturated heterocycles. The van der Waals surface area contributed by atoms with Crippen molar-refractivity contribution in [1.29, 1.82) is 0 Å². The van der Waals surface area contributed by atoms with Crippen molar-refractivity contribution < 1.29 is 0 Å². The summed E-state index contributed by atoms with van der Waals surface area (Å²) in [5.41, 5.74) is 3.11. The van der Waals surface area contributed by atoms with Crippen molar-refractivity contribution >= 4 is 8.80 Å². The van der Waals surface area contributed by atoms with E-state index in [0.29, 0.717) is 11.2 Å². The largest absolute Gasteiger partial charge is 0.304 e. The van der Waals surface area contributed by atoms with E-state index in [1.165, 1.54) is 44.1 Å². The highest BCUT2D eigenvalue weighted by atomic mass is 28.3. The van der Waals surface area contributed by atoms with Crippen molar-refractivity contribution in [2.75, 3.05) is 0 Å². The second kappa shape index (κ2) is 5.75. The minimum atomic E-state index is -0.675.